The third-order valence-electron chi connectivity index (χ3n) is 3.92. The number of aryl methyl sites for hydroxylation is 1. The molecule has 0 saturated carbocycles. The van der Waals surface area contributed by atoms with Crippen molar-refractivity contribution in [2.45, 2.75) is 32.7 Å². The predicted molar refractivity (Wildman–Crippen MR) is 76.6 cm³/mol. The predicted octanol–water partition coefficient (Wildman–Crippen LogP) is 1.99. The highest BCUT2D eigenvalue weighted by atomic mass is 16.6. The van der Waals surface area contributed by atoms with Gasteiger partial charge in [0, 0.05) is 18.7 Å². The molecule has 1 heterocycles. The first-order chi connectivity index (χ1) is 9.40. The van der Waals surface area contributed by atoms with Crippen molar-refractivity contribution in [3.05, 3.63) is 33.9 Å². The molecule has 1 aromatic rings. The van der Waals surface area contributed by atoms with Crippen LogP contribution >= 0.6 is 0 Å². The molecule has 6 heteroatoms. The largest absolute Gasteiger partial charge is 0.369 e. The van der Waals surface area contributed by atoms with E-state index in [2.05, 4.69) is 0 Å². The number of carbonyl (C=O) groups excluding carboxylic acids is 1. The standard InChI is InChI=1S/C14H19N3O3/c1-9-3-6-12(13(7-9)17(19)20)16-8-11(14(15)18)5-4-10(16)2/h3,6-7,10-11H,4-5,8H2,1-2H3,(H2,15,18). The zero-order chi connectivity index (χ0) is 14.9. The number of primary amides is 1. The van der Waals surface area contributed by atoms with Crippen molar-refractivity contribution in [3.8, 4) is 0 Å². The zero-order valence-electron chi connectivity index (χ0n) is 11.7. The summed E-state index contributed by atoms with van der Waals surface area (Å²) >= 11 is 0. The summed E-state index contributed by atoms with van der Waals surface area (Å²) in [5.74, 6) is -0.580. The maximum absolute atomic E-state index is 11.4. The Labute approximate surface area is 117 Å². The van der Waals surface area contributed by atoms with Gasteiger partial charge in [0.15, 0.2) is 0 Å². The number of hydrogen-bond acceptors (Lipinski definition) is 4. The zero-order valence-corrected chi connectivity index (χ0v) is 11.7. The van der Waals surface area contributed by atoms with Crippen molar-refractivity contribution in [2.75, 3.05) is 11.4 Å². The van der Waals surface area contributed by atoms with E-state index in [-0.39, 0.29) is 28.5 Å². The lowest BCUT2D eigenvalue weighted by Gasteiger charge is -2.38. The van der Waals surface area contributed by atoms with Gasteiger partial charge in [-0.15, -0.1) is 0 Å². The summed E-state index contributed by atoms with van der Waals surface area (Å²) in [4.78, 5) is 24.2. The number of nitrogens with two attached hydrogens (primary N) is 1. The fourth-order valence-corrected chi connectivity index (χ4v) is 2.70. The Kier molecular flexibility index (Phi) is 3.92. The Hall–Kier alpha value is -2.11. The molecular weight excluding hydrogens is 258 g/mol. The Balaban J connectivity index is 2.38. The second-order valence-corrected chi connectivity index (χ2v) is 5.43. The van der Waals surface area contributed by atoms with Crippen LogP contribution in [0.15, 0.2) is 18.2 Å². The van der Waals surface area contributed by atoms with Gasteiger partial charge in [-0.2, -0.15) is 0 Å². The normalized spacial score (nSPS) is 22.6. The molecule has 2 atom stereocenters. The van der Waals surface area contributed by atoms with Gasteiger partial charge in [-0.1, -0.05) is 6.07 Å². The summed E-state index contributed by atoms with van der Waals surface area (Å²) in [5.41, 5.74) is 6.87. The van der Waals surface area contributed by atoms with E-state index in [9.17, 15) is 14.9 Å². The lowest BCUT2D eigenvalue weighted by molar-refractivity contribution is -0.384. The van der Waals surface area contributed by atoms with Crippen molar-refractivity contribution in [3.63, 3.8) is 0 Å². The number of piperidine rings is 1. The number of nitrogens with zero attached hydrogens (tertiary/aromatic N) is 2. The second kappa shape index (κ2) is 5.48. The molecule has 1 saturated heterocycles. The van der Waals surface area contributed by atoms with Gasteiger partial charge in [0.1, 0.15) is 5.69 Å². The number of carbonyl (C=O) groups is 1. The Morgan fingerprint density at radius 3 is 2.75 bits per heavy atom. The lowest BCUT2D eigenvalue weighted by Crippen LogP contribution is -2.46. The van der Waals surface area contributed by atoms with Gasteiger partial charge >= 0.3 is 0 Å². The maximum atomic E-state index is 11.4. The summed E-state index contributed by atoms with van der Waals surface area (Å²) in [6.45, 7) is 4.28. The minimum absolute atomic E-state index is 0.0852. The van der Waals surface area contributed by atoms with Gasteiger partial charge in [0.2, 0.25) is 5.91 Å². The molecule has 0 aliphatic carbocycles. The van der Waals surface area contributed by atoms with Crippen LogP contribution in [0.1, 0.15) is 25.3 Å². The third-order valence-corrected chi connectivity index (χ3v) is 3.92. The molecule has 0 aromatic heterocycles. The van der Waals surface area contributed by atoms with E-state index < -0.39 is 0 Å². The quantitative estimate of drug-likeness (QED) is 0.675. The van der Waals surface area contributed by atoms with E-state index in [0.717, 1.165) is 18.4 Å². The monoisotopic (exact) mass is 277 g/mol. The molecule has 2 unspecified atom stereocenters. The van der Waals surface area contributed by atoms with Crippen LogP contribution in [0.2, 0.25) is 0 Å². The smallest absolute Gasteiger partial charge is 0.292 e. The fourth-order valence-electron chi connectivity index (χ4n) is 2.70. The van der Waals surface area contributed by atoms with Gasteiger partial charge in [-0.05, 0) is 38.3 Å². The topological polar surface area (TPSA) is 89.5 Å². The van der Waals surface area contributed by atoms with Gasteiger partial charge < -0.3 is 10.6 Å². The van der Waals surface area contributed by atoms with Crippen LogP contribution in [0.3, 0.4) is 0 Å². The van der Waals surface area contributed by atoms with E-state index in [4.69, 9.17) is 5.73 Å². The molecule has 1 aliphatic heterocycles. The summed E-state index contributed by atoms with van der Waals surface area (Å²) in [6, 6.07) is 5.33. The minimum Gasteiger partial charge on any atom is -0.369 e. The van der Waals surface area contributed by atoms with Crippen molar-refractivity contribution in [2.24, 2.45) is 11.7 Å². The maximum Gasteiger partial charge on any atom is 0.292 e. The first-order valence-corrected chi connectivity index (χ1v) is 6.71. The van der Waals surface area contributed by atoms with Crippen LogP contribution in [0, 0.1) is 23.0 Å². The van der Waals surface area contributed by atoms with Gasteiger partial charge in [-0.3, -0.25) is 14.9 Å². The first kappa shape index (κ1) is 14.3. The van der Waals surface area contributed by atoms with Crippen LogP contribution < -0.4 is 10.6 Å². The van der Waals surface area contributed by atoms with E-state index in [1.807, 2.05) is 24.8 Å². The highest BCUT2D eigenvalue weighted by molar-refractivity contribution is 5.78. The Bertz CT molecular complexity index is 544. The van der Waals surface area contributed by atoms with E-state index in [0.29, 0.717) is 12.2 Å². The van der Waals surface area contributed by atoms with Crippen molar-refractivity contribution in [1.82, 2.24) is 0 Å². The summed E-state index contributed by atoms with van der Waals surface area (Å²) in [7, 11) is 0. The number of amides is 1. The van der Waals surface area contributed by atoms with Gasteiger partial charge in [-0.25, -0.2) is 0 Å². The molecule has 1 aromatic carbocycles. The molecular formula is C14H19N3O3. The number of hydrogen-bond donors (Lipinski definition) is 1. The summed E-state index contributed by atoms with van der Waals surface area (Å²) < 4.78 is 0. The van der Waals surface area contributed by atoms with Crippen molar-refractivity contribution >= 4 is 17.3 Å². The van der Waals surface area contributed by atoms with E-state index in [1.165, 1.54) is 0 Å². The molecule has 2 N–H and O–H groups in total. The minimum atomic E-state index is -0.372. The van der Waals surface area contributed by atoms with Crippen LogP contribution in [0.4, 0.5) is 11.4 Å². The summed E-state index contributed by atoms with van der Waals surface area (Å²) in [5, 5.41) is 11.2. The van der Waals surface area contributed by atoms with Crippen LogP contribution in [-0.4, -0.2) is 23.4 Å². The number of rotatable bonds is 3. The average Bonchev–Trinajstić information content (AvgIpc) is 2.39. The van der Waals surface area contributed by atoms with Crippen LogP contribution in [0.5, 0.6) is 0 Å². The van der Waals surface area contributed by atoms with Crippen LogP contribution in [0.25, 0.3) is 0 Å². The van der Waals surface area contributed by atoms with E-state index >= 15 is 0 Å². The molecule has 2 rings (SSSR count). The molecule has 1 amide bonds. The average molecular weight is 277 g/mol. The van der Waals surface area contributed by atoms with Crippen molar-refractivity contribution in [1.29, 1.82) is 0 Å². The number of nitro benzene ring substituents is 1. The van der Waals surface area contributed by atoms with Crippen LogP contribution in [-0.2, 0) is 4.79 Å². The molecule has 108 valence electrons. The number of benzene rings is 1. The molecule has 1 aliphatic rings. The first-order valence-electron chi connectivity index (χ1n) is 6.71. The van der Waals surface area contributed by atoms with E-state index in [1.54, 1.807) is 12.1 Å². The number of nitro groups is 1. The molecule has 6 nitrogen and oxygen atoms in total. The second-order valence-electron chi connectivity index (χ2n) is 5.43. The molecule has 0 radical (unpaired) electrons. The fraction of sp³-hybridized carbons (Fsp3) is 0.500. The molecule has 0 spiro atoms. The number of anilines is 1. The van der Waals surface area contributed by atoms with Gasteiger partial charge in [0.05, 0.1) is 10.8 Å². The third kappa shape index (κ3) is 2.74. The van der Waals surface area contributed by atoms with Crippen molar-refractivity contribution < 1.29 is 9.72 Å². The Morgan fingerprint density at radius 1 is 1.45 bits per heavy atom. The highest BCUT2D eigenvalue weighted by Gasteiger charge is 2.32. The summed E-state index contributed by atoms with van der Waals surface area (Å²) in [6.07, 6.45) is 1.55. The SMILES string of the molecule is Cc1ccc(N2CC(C(N)=O)CCC2C)c([N+](=O)[O-])c1. The molecule has 20 heavy (non-hydrogen) atoms. The lowest BCUT2D eigenvalue weighted by atomic mass is 9.92. The highest BCUT2D eigenvalue weighted by Crippen LogP contribution is 2.34. The molecule has 1 fully saturated rings. The Morgan fingerprint density at radius 2 is 2.15 bits per heavy atom. The van der Waals surface area contributed by atoms with Gasteiger partial charge in [0.25, 0.3) is 5.69 Å². The molecule has 0 bridgehead atoms.